The first-order valence-electron chi connectivity index (χ1n) is 6.51. The summed E-state index contributed by atoms with van der Waals surface area (Å²) in [5.74, 6) is 0.328. The van der Waals surface area contributed by atoms with Gasteiger partial charge in [-0.1, -0.05) is 6.07 Å². The highest BCUT2D eigenvalue weighted by Gasteiger charge is 2.19. The molecular weight excluding hydrogens is 308 g/mol. The fourth-order valence-electron chi connectivity index (χ4n) is 2.43. The molecule has 0 aliphatic carbocycles. The summed E-state index contributed by atoms with van der Waals surface area (Å²) in [7, 11) is 0. The van der Waals surface area contributed by atoms with Crippen LogP contribution in [0.5, 0.6) is 5.75 Å². The molecule has 1 aromatic rings. The molecular formula is C14H19BrN2O2. The Balaban J connectivity index is 1.85. The highest BCUT2D eigenvalue weighted by Crippen LogP contribution is 2.25. The van der Waals surface area contributed by atoms with Crippen molar-refractivity contribution in [3.05, 3.63) is 28.2 Å². The van der Waals surface area contributed by atoms with E-state index in [2.05, 4.69) is 26.1 Å². The molecule has 104 valence electrons. The minimum atomic E-state index is 0.0564. The van der Waals surface area contributed by atoms with E-state index in [-0.39, 0.29) is 11.7 Å². The molecule has 0 radical (unpaired) electrons. The topological polar surface area (TPSA) is 52.6 Å². The number of likely N-dealkylation sites (tertiary alicyclic amines) is 1. The lowest BCUT2D eigenvalue weighted by atomic mass is 10.0. The highest BCUT2D eigenvalue weighted by atomic mass is 79.9. The maximum Gasteiger partial charge on any atom is 0.217 e. The molecule has 0 atom stereocenters. The molecule has 0 bridgehead atoms. The Morgan fingerprint density at radius 1 is 1.47 bits per heavy atom. The first-order valence-corrected chi connectivity index (χ1v) is 7.31. The molecule has 1 aliphatic rings. The van der Waals surface area contributed by atoms with Crippen LogP contribution in [0.3, 0.4) is 0 Å². The van der Waals surface area contributed by atoms with Gasteiger partial charge >= 0.3 is 0 Å². The van der Waals surface area contributed by atoms with E-state index in [0.717, 1.165) is 36.9 Å². The van der Waals surface area contributed by atoms with Crippen molar-refractivity contribution in [1.29, 1.82) is 0 Å². The first-order chi connectivity index (χ1) is 9.04. The molecule has 19 heavy (non-hydrogen) atoms. The maximum absolute atomic E-state index is 11.0. The minimum absolute atomic E-state index is 0.0564. The molecule has 1 heterocycles. The number of piperidine rings is 1. The van der Waals surface area contributed by atoms with Crippen molar-refractivity contribution in [2.75, 3.05) is 13.1 Å². The third-order valence-electron chi connectivity index (χ3n) is 3.41. The van der Waals surface area contributed by atoms with Gasteiger partial charge < -0.3 is 10.4 Å². The molecule has 0 aromatic heterocycles. The molecule has 5 heteroatoms. The van der Waals surface area contributed by atoms with E-state index in [9.17, 15) is 9.90 Å². The average Bonchev–Trinajstić information content (AvgIpc) is 2.36. The van der Waals surface area contributed by atoms with Crippen molar-refractivity contribution >= 4 is 21.8 Å². The first kappa shape index (κ1) is 14.3. The number of carbonyl (C=O) groups excluding carboxylic acids is 1. The molecule has 2 N–H and O–H groups in total. The van der Waals surface area contributed by atoms with Crippen LogP contribution >= 0.6 is 15.9 Å². The smallest absolute Gasteiger partial charge is 0.217 e. The van der Waals surface area contributed by atoms with Crippen LogP contribution in [-0.4, -0.2) is 35.0 Å². The number of carbonyl (C=O) groups is 1. The van der Waals surface area contributed by atoms with Crippen LogP contribution in [0.15, 0.2) is 22.7 Å². The summed E-state index contributed by atoms with van der Waals surface area (Å²) in [5, 5.41) is 12.4. The fraction of sp³-hybridized carbons (Fsp3) is 0.500. The van der Waals surface area contributed by atoms with Crippen LogP contribution in [0.1, 0.15) is 25.3 Å². The highest BCUT2D eigenvalue weighted by molar-refractivity contribution is 9.10. The van der Waals surface area contributed by atoms with Crippen molar-refractivity contribution < 1.29 is 9.90 Å². The molecule has 1 aromatic carbocycles. The number of amides is 1. The molecule has 1 saturated heterocycles. The molecule has 0 saturated carbocycles. The van der Waals surface area contributed by atoms with Crippen molar-refractivity contribution in [3.63, 3.8) is 0 Å². The normalized spacial score (nSPS) is 17.4. The van der Waals surface area contributed by atoms with E-state index in [1.807, 2.05) is 12.1 Å². The zero-order chi connectivity index (χ0) is 13.8. The van der Waals surface area contributed by atoms with Gasteiger partial charge in [-0.15, -0.1) is 0 Å². The van der Waals surface area contributed by atoms with Crippen LogP contribution in [0.2, 0.25) is 0 Å². The lowest BCUT2D eigenvalue weighted by molar-refractivity contribution is -0.119. The molecule has 1 fully saturated rings. The van der Waals surface area contributed by atoms with Gasteiger partial charge in [0.05, 0.1) is 4.47 Å². The van der Waals surface area contributed by atoms with Crippen molar-refractivity contribution in [2.24, 2.45) is 0 Å². The quantitative estimate of drug-likeness (QED) is 0.895. The summed E-state index contributed by atoms with van der Waals surface area (Å²) in [4.78, 5) is 13.4. The number of phenolic OH excluding ortho intramolecular Hbond substituents is 1. The van der Waals surface area contributed by atoms with Crippen LogP contribution in [0, 0.1) is 0 Å². The lowest BCUT2D eigenvalue weighted by Crippen LogP contribution is -2.43. The van der Waals surface area contributed by atoms with Crippen LogP contribution in [-0.2, 0) is 11.3 Å². The molecule has 0 spiro atoms. The summed E-state index contributed by atoms with van der Waals surface area (Å²) in [5.41, 5.74) is 1.18. The second-order valence-electron chi connectivity index (χ2n) is 5.04. The van der Waals surface area contributed by atoms with Crippen molar-refractivity contribution in [3.8, 4) is 5.75 Å². The summed E-state index contributed by atoms with van der Waals surface area (Å²) >= 11 is 3.33. The third-order valence-corrected chi connectivity index (χ3v) is 4.05. The van der Waals surface area contributed by atoms with Crippen molar-refractivity contribution in [1.82, 2.24) is 10.2 Å². The van der Waals surface area contributed by atoms with E-state index in [4.69, 9.17) is 0 Å². The zero-order valence-electron chi connectivity index (χ0n) is 11.0. The van der Waals surface area contributed by atoms with Crippen LogP contribution < -0.4 is 5.32 Å². The van der Waals surface area contributed by atoms with Crippen LogP contribution in [0.4, 0.5) is 0 Å². The Kier molecular flexibility index (Phi) is 4.82. The lowest BCUT2D eigenvalue weighted by Gasteiger charge is -2.32. The van der Waals surface area contributed by atoms with Gasteiger partial charge in [-0.25, -0.2) is 0 Å². The van der Waals surface area contributed by atoms with E-state index in [0.29, 0.717) is 6.04 Å². The van der Waals surface area contributed by atoms with Gasteiger partial charge in [0.25, 0.3) is 0 Å². The zero-order valence-corrected chi connectivity index (χ0v) is 12.6. The minimum Gasteiger partial charge on any atom is -0.507 e. The molecule has 0 unspecified atom stereocenters. The Labute approximate surface area is 121 Å². The SMILES string of the molecule is CC(=O)NC1CCN(Cc2ccc(O)c(Br)c2)CC1. The van der Waals surface area contributed by atoms with Gasteiger partial charge in [-0.3, -0.25) is 9.69 Å². The number of benzene rings is 1. The number of nitrogens with one attached hydrogen (secondary N) is 1. The number of aromatic hydroxyl groups is 1. The molecule has 1 amide bonds. The van der Waals surface area contributed by atoms with Gasteiger partial charge in [-0.05, 0) is 46.5 Å². The second kappa shape index (κ2) is 6.39. The Morgan fingerprint density at radius 2 is 2.16 bits per heavy atom. The van der Waals surface area contributed by atoms with Gasteiger partial charge in [0.1, 0.15) is 5.75 Å². The van der Waals surface area contributed by atoms with E-state index in [1.165, 1.54) is 5.56 Å². The number of hydrogen-bond acceptors (Lipinski definition) is 3. The number of nitrogens with zero attached hydrogens (tertiary/aromatic N) is 1. The van der Waals surface area contributed by atoms with Gasteiger partial charge in [-0.2, -0.15) is 0 Å². The number of halogens is 1. The second-order valence-corrected chi connectivity index (χ2v) is 5.89. The summed E-state index contributed by atoms with van der Waals surface area (Å²) < 4.78 is 0.734. The molecule has 2 rings (SSSR count). The predicted octanol–water partition coefficient (Wildman–Crippen LogP) is 2.26. The van der Waals surface area contributed by atoms with Gasteiger partial charge in [0, 0.05) is 32.6 Å². The van der Waals surface area contributed by atoms with Gasteiger partial charge in [0.15, 0.2) is 0 Å². The third kappa shape index (κ3) is 4.21. The maximum atomic E-state index is 11.0. The average molecular weight is 327 g/mol. The largest absolute Gasteiger partial charge is 0.507 e. The Hall–Kier alpha value is -1.07. The monoisotopic (exact) mass is 326 g/mol. The van der Waals surface area contributed by atoms with Crippen LogP contribution in [0.25, 0.3) is 0 Å². The fourth-order valence-corrected chi connectivity index (χ4v) is 2.86. The summed E-state index contributed by atoms with van der Waals surface area (Å²) in [6.45, 7) is 4.43. The Morgan fingerprint density at radius 3 is 2.74 bits per heavy atom. The number of rotatable bonds is 3. The van der Waals surface area contributed by atoms with E-state index in [1.54, 1.807) is 13.0 Å². The van der Waals surface area contributed by atoms with Gasteiger partial charge in [0.2, 0.25) is 5.91 Å². The molecule has 1 aliphatic heterocycles. The summed E-state index contributed by atoms with van der Waals surface area (Å²) in [6, 6.07) is 5.93. The standard InChI is InChI=1S/C14H19BrN2O2/c1-10(18)16-12-4-6-17(7-5-12)9-11-2-3-14(19)13(15)8-11/h2-3,8,12,19H,4-7,9H2,1H3,(H,16,18). The predicted molar refractivity (Wildman–Crippen MR) is 77.9 cm³/mol. The Bertz CT molecular complexity index is 457. The van der Waals surface area contributed by atoms with E-state index >= 15 is 0 Å². The summed E-state index contributed by atoms with van der Waals surface area (Å²) in [6.07, 6.45) is 2.00. The number of hydrogen-bond donors (Lipinski definition) is 2. The van der Waals surface area contributed by atoms with Crippen molar-refractivity contribution in [2.45, 2.75) is 32.4 Å². The number of phenols is 1. The molecule has 4 nitrogen and oxygen atoms in total. The van der Waals surface area contributed by atoms with E-state index < -0.39 is 0 Å².